The number of carbonyl (C=O) groups excluding carboxylic acids is 1. The fourth-order valence-electron chi connectivity index (χ4n) is 1.36. The molecule has 0 fully saturated rings. The molecule has 3 N–H and O–H groups in total. The van der Waals surface area contributed by atoms with E-state index in [1.165, 1.54) is 5.56 Å². The number of nitrogens with two attached hydrogens (primary N) is 1. The monoisotopic (exact) mass is 250 g/mol. The Labute approximate surface area is 107 Å². The SMILES string of the molecule is CC(CNC(=O)CCc1ccccc1)C(N)=S. The van der Waals surface area contributed by atoms with Crippen LogP contribution in [0.2, 0.25) is 0 Å². The summed E-state index contributed by atoms with van der Waals surface area (Å²) in [5.74, 6) is 0.0858. The molecule has 0 saturated heterocycles. The Morgan fingerprint density at radius 2 is 2.06 bits per heavy atom. The molecule has 0 aliphatic rings. The first-order chi connectivity index (χ1) is 8.09. The summed E-state index contributed by atoms with van der Waals surface area (Å²) in [6.07, 6.45) is 1.25. The van der Waals surface area contributed by atoms with Crippen LogP contribution in [0, 0.1) is 5.92 Å². The van der Waals surface area contributed by atoms with Gasteiger partial charge in [0.1, 0.15) is 0 Å². The molecule has 0 spiro atoms. The molecule has 1 unspecified atom stereocenters. The first-order valence-corrected chi connectivity index (χ1v) is 6.10. The van der Waals surface area contributed by atoms with Crippen molar-refractivity contribution in [3.8, 4) is 0 Å². The number of rotatable bonds is 6. The van der Waals surface area contributed by atoms with Crippen LogP contribution in [0.25, 0.3) is 0 Å². The van der Waals surface area contributed by atoms with E-state index in [4.69, 9.17) is 18.0 Å². The molecule has 1 aromatic rings. The molecule has 0 bridgehead atoms. The minimum absolute atomic E-state index is 0.0388. The standard InChI is InChI=1S/C13H18N2OS/c1-10(13(14)17)9-15-12(16)8-7-11-5-3-2-4-6-11/h2-6,10H,7-9H2,1H3,(H2,14,17)(H,15,16). The van der Waals surface area contributed by atoms with Crippen molar-refractivity contribution in [2.45, 2.75) is 19.8 Å². The first kappa shape index (κ1) is 13.6. The average Bonchev–Trinajstić information content (AvgIpc) is 2.34. The van der Waals surface area contributed by atoms with Gasteiger partial charge in [0.15, 0.2) is 0 Å². The zero-order valence-electron chi connectivity index (χ0n) is 9.98. The van der Waals surface area contributed by atoms with Gasteiger partial charge in [-0.15, -0.1) is 0 Å². The van der Waals surface area contributed by atoms with Crippen molar-refractivity contribution in [2.24, 2.45) is 11.7 Å². The van der Waals surface area contributed by atoms with Crippen molar-refractivity contribution in [2.75, 3.05) is 6.54 Å². The molecule has 4 heteroatoms. The van der Waals surface area contributed by atoms with Crippen LogP contribution < -0.4 is 11.1 Å². The third-order valence-corrected chi connectivity index (χ3v) is 2.98. The second kappa shape index (κ2) is 7.01. The summed E-state index contributed by atoms with van der Waals surface area (Å²) >= 11 is 4.84. The highest BCUT2D eigenvalue weighted by atomic mass is 32.1. The second-order valence-electron chi connectivity index (χ2n) is 4.09. The lowest BCUT2D eigenvalue weighted by atomic mass is 10.1. The summed E-state index contributed by atoms with van der Waals surface area (Å²) in [5, 5.41) is 2.83. The van der Waals surface area contributed by atoms with Gasteiger partial charge in [0.05, 0.1) is 4.99 Å². The lowest BCUT2D eigenvalue weighted by Gasteiger charge is -2.10. The van der Waals surface area contributed by atoms with Gasteiger partial charge in [-0.3, -0.25) is 4.79 Å². The number of hydrogen-bond acceptors (Lipinski definition) is 2. The van der Waals surface area contributed by atoms with Gasteiger partial charge in [0.25, 0.3) is 0 Å². The largest absolute Gasteiger partial charge is 0.393 e. The Bertz CT molecular complexity index is 378. The summed E-state index contributed by atoms with van der Waals surface area (Å²) in [6, 6.07) is 9.95. The quantitative estimate of drug-likeness (QED) is 0.755. The number of aryl methyl sites for hydroxylation is 1. The predicted molar refractivity (Wildman–Crippen MR) is 73.7 cm³/mol. The van der Waals surface area contributed by atoms with Crippen LogP contribution in [0.3, 0.4) is 0 Å². The van der Waals surface area contributed by atoms with E-state index < -0.39 is 0 Å². The number of nitrogens with one attached hydrogen (secondary N) is 1. The van der Waals surface area contributed by atoms with Gasteiger partial charge in [-0.2, -0.15) is 0 Å². The van der Waals surface area contributed by atoms with Crippen molar-refractivity contribution >= 4 is 23.1 Å². The molecule has 17 heavy (non-hydrogen) atoms. The zero-order valence-corrected chi connectivity index (χ0v) is 10.8. The minimum Gasteiger partial charge on any atom is -0.393 e. The Morgan fingerprint density at radius 1 is 1.41 bits per heavy atom. The molecule has 1 atom stereocenters. The molecule has 0 aliphatic heterocycles. The Kier molecular flexibility index (Phi) is 5.63. The maximum Gasteiger partial charge on any atom is 0.220 e. The third-order valence-electron chi connectivity index (χ3n) is 2.57. The van der Waals surface area contributed by atoms with Gasteiger partial charge in [-0.25, -0.2) is 0 Å². The molecular weight excluding hydrogens is 232 g/mol. The Hall–Kier alpha value is -1.42. The van der Waals surface area contributed by atoms with Crippen LogP contribution in [0.4, 0.5) is 0 Å². The van der Waals surface area contributed by atoms with Crippen LogP contribution >= 0.6 is 12.2 Å². The number of thiocarbonyl (C=S) groups is 1. The number of hydrogen-bond donors (Lipinski definition) is 2. The molecule has 1 aromatic carbocycles. The maximum absolute atomic E-state index is 11.5. The highest BCUT2D eigenvalue weighted by Crippen LogP contribution is 2.02. The van der Waals surface area contributed by atoms with Crippen LogP contribution in [0.5, 0.6) is 0 Å². The lowest BCUT2D eigenvalue weighted by molar-refractivity contribution is -0.121. The smallest absolute Gasteiger partial charge is 0.220 e. The van der Waals surface area contributed by atoms with E-state index in [9.17, 15) is 4.79 Å². The van der Waals surface area contributed by atoms with Crippen molar-refractivity contribution < 1.29 is 4.79 Å². The van der Waals surface area contributed by atoms with E-state index in [2.05, 4.69) is 5.32 Å². The first-order valence-electron chi connectivity index (χ1n) is 5.69. The van der Waals surface area contributed by atoms with Crippen molar-refractivity contribution in [1.82, 2.24) is 5.32 Å². The van der Waals surface area contributed by atoms with E-state index in [1.54, 1.807) is 0 Å². The number of carbonyl (C=O) groups is 1. The van der Waals surface area contributed by atoms with E-state index >= 15 is 0 Å². The molecule has 1 amide bonds. The molecular formula is C13H18N2OS. The van der Waals surface area contributed by atoms with E-state index in [-0.39, 0.29) is 11.8 Å². The zero-order chi connectivity index (χ0) is 12.7. The van der Waals surface area contributed by atoms with E-state index in [0.717, 1.165) is 6.42 Å². The van der Waals surface area contributed by atoms with Crippen LogP contribution in [0.15, 0.2) is 30.3 Å². The average molecular weight is 250 g/mol. The van der Waals surface area contributed by atoms with Gasteiger partial charge in [0, 0.05) is 18.9 Å². The third kappa shape index (κ3) is 5.45. The molecule has 0 aliphatic carbocycles. The van der Waals surface area contributed by atoms with E-state index in [1.807, 2.05) is 37.3 Å². The van der Waals surface area contributed by atoms with Crippen LogP contribution in [0.1, 0.15) is 18.9 Å². The number of amides is 1. The minimum atomic E-state index is 0.0388. The topological polar surface area (TPSA) is 55.1 Å². The molecule has 0 heterocycles. The van der Waals surface area contributed by atoms with Crippen LogP contribution in [-0.2, 0) is 11.2 Å². The van der Waals surface area contributed by atoms with Crippen molar-refractivity contribution in [3.63, 3.8) is 0 Å². The van der Waals surface area contributed by atoms with E-state index in [0.29, 0.717) is 18.0 Å². The van der Waals surface area contributed by atoms with Crippen molar-refractivity contribution in [3.05, 3.63) is 35.9 Å². The Morgan fingerprint density at radius 3 is 2.65 bits per heavy atom. The second-order valence-corrected chi connectivity index (χ2v) is 4.56. The molecule has 92 valence electrons. The number of benzene rings is 1. The van der Waals surface area contributed by atoms with Gasteiger partial charge in [0.2, 0.25) is 5.91 Å². The fraction of sp³-hybridized carbons (Fsp3) is 0.385. The summed E-state index contributed by atoms with van der Waals surface area (Å²) < 4.78 is 0. The van der Waals surface area contributed by atoms with Crippen molar-refractivity contribution in [1.29, 1.82) is 0 Å². The normalized spacial score (nSPS) is 11.8. The fourth-order valence-corrected chi connectivity index (χ4v) is 1.44. The van der Waals surface area contributed by atoms with Crippen LogP contribution in [-0.4, -0.2) is 17.4 Å². The molecule has 0 radical (unpaired) electrons. The highest BCUT2D eigenvalue weighted by Gasteiger charge is 2.07. The molecule has 1 rings (SSSR count). The summed E-state index contributed by atoms with van der Waals surface area (Å²) in [7, 11) is 0. The maximum atomic E-state index is 11.5. The highest BCUT2D eigenvalue weighted by molar-refractivity contribution is 7.80. The van der Waals surface area contributed by atoms with Gasteiger partial charge < -0.3 is 11.1 Å². The lowest BCUT2D eigenvalue weighted by Crippen LogP contribution is -2.33. The summed E-state index contributed by atoms with van der Waals surface area (Å²) in [6.45, 7) is 2.42. The summed E-state index contributed by atoms with van der Waals surface area (Å²) in [5.41, 5.74) is 6.64. The summed E-state index contributed by atoms with van der Waals surface area (Å²) in [4.78, 5) is 12.0. The van der Waals surface area contributed by atoms with Gasteiger partial charge in [-0.1, -0.05) is 49.5 Å². The Balaban J connectivity index is 2.24. The molecule has 3 nitrogen and oxygen atoms in total. The molecule has 0 saturated carbocycles. The molecule has 0 aromatic heterocycles. The predicted octanol–water partition coefficient (Wildman–Crippen LogP) is 1.66. The van der Waals surface area contributed by atoms with Gasteiger partial charge in [-0.05, 0) is 12.0 Å². The van der Waals surface area contributed by atoms with Gasteiger partial charge >= 0.3 is 0 Å².